The fourth-order valence-corrected chi connectivity index (χ4v) is 1.98. The zero-order valence-corrected chi connectivity index (χ0v) is 11.6. The fraction of sp³-hybridized carbons (Fsp3) is 0.500. The molecule has 0 unspecified atom stereocenters. The summed E-state index contributed by atoms with van der Waals surface area (Å²) in [4.78, 5) is 12.6. The Bertz CT molecular complexity index is 497. The molecule has 2 nitrogen and oxygen atoms in total. The summed E-state index contributed by atoms with van der Waals surface area (Å²) in [6.07, 6.45) is -3.89. The molecule has 1 aromatic carbocycles. The topological polar surface area (TPSA) is 20.3 Å². The number of benzene rings is 1. The molecule has 0 amide bonds. The van der Waals surface area contributed by atoms with Crippen LogP contribution >= 0.6 is 0 Å². The Morgan fingerprint density at radius 1 is 1.30 bits per heavy atom. The minimum Gasteiger partial charge on any atom is -0.362 e. The van der Waals surface area contributed by atoms with Crippen molar-refractivity contribution in [1.29, 1.82) is 0 Å². The SMILES string of the molecule is CCCN(CC(F)(F)F)c1cc(C)c(F)cc1C(C)=O. The standard InChI is InChI=1S/C14H17F4NO/c1-4-5-19(8-14(16,17)18)13-6-9(2)12(15)7-11(13)10(3)20/h6-7H,4-5,8H2,1-3H3. The lowest BCUT2D eigenvalue weighted by molar-refractivity contribution is -0.119. The van der Waals surface area contributed by atoms with Crippen LogP contribution in [0.1, 0.15) is 36.2 Å². The minimum atomic E-state index is -4.38. The third kappa shape index (κ3) is 4.21. The Hall–Kier alpha value is -1.59. The Kier molecular flexibility index (Phi) is 5.14. The molecule has 20 heavy (non-hydrogen) atoms. The van der Waals surface area contributed by atoms with E-state index < -0.39 is 24.3 Å². The number of Topliss-reactive ketones (excluding diaryl/α,β-unsaturated/α-hetero) is 1. The number of rotatable bonds is 5. The van der Waals surface area contributed by atoms with Gasteiger partial charge < -0.3 is 4.90 Å². The lowest BCUT2D eigenvalue weighted by Gasteiger charge is -2.27. The summed E-state index contributed by atoms with van der Waals surface area (Å²) in [7, 11) is 0. The van der Waals surface area contributed by atoms with Crippen molar-refractivity contribution in [2.24, 2.45) is 0 Å². The highest BCUT2D eigenvalue weighted by atomic mass is 19.4. The van der Waals surface area contributed by atoms with Crippen molar-refractivity contribution < 1.29 is 22.4 Å². The summed E-state index contributed by atoms with van der Waals surface area (Å²) >= 11 is 0. The van der Waals surface area contributed by atoms with Gasteiger partial charge in [0, 0.05) is 17.8 Å². The number of nitrogens with zero attached hydrogens (tertiary/aromatic N) is 1. The van der Waals surface area contributed by atoms with E-state index in [1.807, 2.05) is 0 Å². The number of hydrogen-bond acceptors (Lipinski definition) is 2. The van der Waals surface area contributed by atoms with Gasteiger partial charge >= 0.3 is 6.18 Å². The molecule has 0 spiro atoms. The van der Waals surface area contributed by atoms with Crippen LogP contribution in [0, 0.1) is 12.7 Å². The van der Waals surface area contributed by atoms with E-state index in [2.05, 4.69) is 0 Å². The van der Waals surface area contributed by atoms with Crippen molar-refractivity contribution in [2.75, 3.05) is 18.0 Å². The van der Waals surface area contributed by atoms with Gasteiger partial charge in [-0.2, -0.15) is 13.2 Å². The van der Waals surface area contributed by atoms with Crippen molar-refractivity contribution in [2.45, 2.75) is 33.4 Å². The van der Waals surface area contributed by atoms with Crippen molar-refractivity contribution in [3.63, 3.8) is 0 Å². The summed E-state index contributed by atoms with van der Waals surface area (Å²) in [6.45, 7) is 3.40. The maximum Gasteiger partial charge on any atom is 0.405 e. The maximum absolute atomic E-state index is 13.5. The zero-order chi connectivity index (χ0) is 15.5. The van der Waals surface area contributed by atoms with Crippen molar-refractivity contribution >= 4 is 11.5 Å². The molecule has 0 heterocycles. The van der Waals surface area contributed by atoms with Crippen LogP contribution in [0.4, 0.5) is 23.2 Å². The average molecular weight is 291 g/mol. The third-order valence-electron chi connectivity index (χ3n) is 2.86. The first-order chi connectivity index (χ1) is 9.15. The largest absolute Gasteiger partial charge is 0.405 e. The molecule has 0 saturated carbocycles. The van der Waals surface area contributed by atoms with E-state index >= 15 is 0 Å². The Labute approximate surface area is 115 Å². The predicted molar refractivity (Wildman–Crippen MR) is 69.7 cm³/mol. The number of anilines is 1. The number of hydrogen-bond donors (Lipinski definition) is 0. The van der Waals surface area contributed by atoms with Crippen molar-refractivity contribution in [3.05, 3.63) is 29.1 Å². The van der Waals surface area contributed by atoms with Crippen LogP contribution in [0.5, 0.6) is 0 Å². The molecular formula is C14H17F4NO. The predicted octanol–water partition coefficient (Wildman–Crippen LogP) is 4.12. The van der Waals surface area contributed by atoms with Gasteiger partial charge in [-0.05, 0) is 38.0 Å². The molecule has 0 bridgehead atoms. The van der Waals surface area contributed by atoms with Crippen LogP contribution in [0.15, 0.2) is 12.1 Å². The van der Waals surface area contributed by atoms with E-state index in [9.17, 15) is 22.4 Å². The van der Waals surface area contributed by atoms with Crippen molar-refractivity contribution in [1.82, 2.24) is 0 Å². The van der Waals surface area contributed by atoms with Gasteiger partial charge in [0.05, 0.1) is 0 Å². The van der Waals surface area contributed by atoms with E-state index in [0.29, 0.717) is 6.42 Å². The molecule has 6 heteroatoms. The van der Waals surface area contributed by atoms with E-state index in [1.54, 1.807) is 6.92 Å². The smallest absolute Gasteiger partial charge is 0.362 e. The van der Waals surface area contributed by atoms with Gasteiger partial charge in [-0.15, -0.1) is 0 Å². The van der Waals surface area contributed by atoms with E-state index in [1.165, 1.54) is 19.9 Å². The molecule has 0 aliphatic rings. The highest BCUT2D eigenvalue weighted by Gasteiger charge is 2.32. The Morgan fingerprint density at radius 3 is 2.35 bits per heavy atom. The van der Waals surface area contributed by atoms with Crippen LogP contribution < -0.4 is 4.90 Å². The summed E-state index contributed by atoms with van der Waals surface area (Å²) in [5, 5.41) is 0. The Balaban J connectivity index is 3.31. The van der Waals surface area contributed by atoms with Gasteiger partial charge in [0.1, 0.15) is 12.4 Å². The highest BCUT2D eigenvalue weighted by Crippen LogP contribution is 2.28. The van der Waals surface area contributed by atoms with Crippen LogP contribution in [0.2, 0.25) is 0 Å². The molecular weight excluding hydrogens is 274 g/mol. The summed E-state index contributed by atoms with van der Waals surface area (Å²) in [5.41, 5.74) is 0.328. The average Bonchev–Trinajstić information content (AvgIpc) is 2.29. The van der Waals surface area contributed by atoms with Gasteiger partial charge in [-0.25, -0.2) is 4.39 Å². The molecule has 1 rings (SSSR count). The number of alkyl halides is 3. The molecule has 0 saturated heterocycles. The number of ketones is 1. The quantitative estimate of drug-likeness (QED) is 0.601. The fourth-order valence-electron chi connectivity index (χ4n) is 1.98. The van der Waals surface area contributed by atoms with Gasteiger partial charge in [0.2, 0.25) is 0 Å². The second-order valence-corrected chi connectivity index (χ2v) is 4.71. The molecule has 0 fully saturated rings. The molecule has 1 aromatic rings. The second-order valence-electron chi connectivity index (χ2n) is 4.71. The normalized spacial score (nSPS) is 11.6. The van der Waals surface area contributed by atoms with Gasteiger partial charge in [0.15, 0.2) is 5.78 Å². The monoisotopic (exact) mass is 291 g/mol. The molecule has 0 N–H and O–H groups in total. The third-order valence-corrected chi connectivity index (χ3v) is 2.86. The van der Waals surface area contributed by atoms with Gasteiger partial charge in [-0.1, -0.05) is 6.92 Å². The molecule has 0 aliphatic carbocycles. The maximum atomic E-state index is 13.5. The first-order valence-corrected chi connectivity index (χ1v) is 6.28. The molecule has 0 radical (unpaired) electrons. The summed E-state index contributed by atoms with van der Waals surface area (Å²) in [5.74, 6) is -1.05. The number of halogens is 4. The van der Waals surface area contributed by atoms with Crippen LogP contribution in [0.3, 0.4) is 0 Å². The van der Waals surface area contributed by atoms with E-state index in [4.69, 9.17) is 0 Å². The van der Waals surface area contributed by atoms with Gasteiger partial charge in [0.25, 0.3) is 0 Å². The summed E-state index contributed by atoms with van der Waals surface area (Å²) < 4.78 is 51.4. The number of aryl methyl sites for hydroxylation is 1. The summed E-state index contributed by atoms with van der Waals surface area (Å²) in [6, 6.07) is 2.31. The lowest BCUT2D eigenvalue weighted by atomic mass is 10.0. The molecule has 0 aromatic heterocycles. The van der Waals surface area contributed by atoms with E-state index in [-0.39, 0.29) is 23.4 Å². The van der Waals surface area contributed by atoms with Crippen molar-refractivity contribution in [3.8, 4) is 0 Å². The van der Waals surface area contributed by atoms with E-state index in [0.717, 1.165) is 11.0 Å². The number of carbonyl (C=O) groups is 1. The van der Waals surface area contributed by atoms with Crippen LogP contribution in [-0.4, -0.2) is 25.0 Å². The minimum absolute atomic E-state index is 0.0224. The van der Waals surface area contributed by atoms with Crippen LogP contribution in [0.25, 0.3) is 0 Å². The number of carbonyl (C=O) groups excluding carboxylic acids is 1. The lowest BCUT2D eigenvalue weighted by Crippen LogP contribution is -2.35. The molecule has 112 valence electrons. The highest BCUT2D eigenvalue weighted by molar-refractivity contribution is 6.00. The Morgan fingerprint density at radius 2 is 1.90 bits per heavy atom. The molecule has 0 aliphatic heterocycles. The first-order valence-electron chi connectivity index (χ1n) is 6.28. The first kappa shape index (κ1) is 16.5. The van der Waals surface area contributed by atoms with Crippen LogP contribution in [-0.2, 0) is 0 Å². The second kappa shape index (κ2) is 6.24. The molecule has 0 atom stereocenters. The van der Waals surface area contributed by atoms with Gasteiger partial charge in [-0.3, -0.25) is 4.79 Å². The zero-order valence-electron chi connectivity index (χ0n) is 11.6.